The first kappa shape index (κ1) is 18.4. The fourth-order valence-corrected chi connectivity index (χ4v) is 4.11. The SMILES string of the molecule is O=c1[nH]c(N2CCCCC2)nc2cc(N(c3ccccc3)c3ccccc3)ccc12. The zero-order valence-corrected chi connectivity index (χ0v) is 16.8. The molecule has 0 spiro atoms. The number of nitrogens with one attached hydrogen (secondary N) is 1. The predicted octanol–water partition coefficient (Wildman–Crippen LogP) is 5.38. The molecule has 2 heterocycles. The minimum atomic E-state index is -0.0851. The molecular weight excluding hydrogens is 372 g/mol. The lowest BCUT2D eigenvalue weighted by atomic mass is 10.1. The first-order valence-electron chi connectivity index (χ1n) is 10.5. The van der Waals surface area contributed by atoms with Gasteiger partial charge in [0.2, 0.25) is 5.95 Å². The highest BCUT2D eigenvalue weighted by molar-refractivity contribution is 5.86. The van der Waals surface area contributed by atoms with Crippen molar-refractivity contribution in [3.63, 3.8) is 0 Å². The minimum absolute atomic E-state index is 0.0851. The van der Waals surface area contributed by atoms with E-state index in [1.165, 1.54) is 6.42 Å². The van der Waals surface area contributed by atoms with Gasteiger partial charge in [-0.3, -0.25) is 9.78 Å². The molecule has 0 atom stereocenters. The molecule has 1 aromatic heterocycles. The lowest BCUT2D eigenvalue weighted by molar-refractivity contribution is 0.568. The van der Waals surface area contributed by atoms with Crippen LogP contribution in [0.15, 0.2) is 83.7 Å². The van der Waals surface area contributed by atoms with Gasteiger partial charge in [-0.25, -0.2) is 4.98 Å². The van der Waals surface area contributed by atoms with Gasteiger partial charge in [0, 0.05) is 30.2 Å². The second kappa shape index (κ2) is 8.03. The van der Waals surface area contributed by atoms with Gasteiger partial charge >= 0.3 is 0 Å². The summed E-state index contributed by atoms with van der Waals surface area (Å²) in [7, 11) is 0. The van der Waals surface area contributed by atoms with Gasteiger partial charge in [-0.15, -0.1) is 0 Å². The number of hydrogen-bond acceptors (Lipinski definition) is 4. The van der Waals surface area contributed by atoms with Crippen LogP contribution in [0.4, 0.5) is 23.0 Å². The van der Waals surface area contributed by atoms with Crippen molar-refractivity contribution in [1.29, 1.82) is 0 Å². The van der Waals surface area contributed by atoms with E-state index in [1.807, 2.05) is 54.6 Å². The average molecular weight is 396 g/mol. The van der Waals surface area contributed by atoms with Gasteiger partial charge < -0.3 is 9.80 Å². The number of fused-ring (bicyclic) bond motifs is 1. The topological polar surface area (TPSA) is 52.2 Å². The quantitative estimate of drug-likeness (QED) is 0.503. The Bertz CT molecular complexity index is 1160. The van der Waals surface area contributed by atoms with Gasteiger partial charge in [0.15, 0.2) is 0 Å². The number of anilines is 4. The molecule has 1 N–H and O–H groups in total. The number of H-pyrrole nitrogens is 1. The number of aromatic nitrogens is 2. The smallest absolute Gasteiger partial charge is 0.260 e. The van der Waals surface area contributed by atoms with E-state index >= 15 is 0 Å². The fourth-order valence-electron chi connectivity index (χ4n) is 4.11. The molecule has 1 saturated heterocycles. The van der Waals surface area contributed by atoms with E-state index in [9.17, 15) is 4.79 Å². The highest BCUT2D eigenvalue weighted by Gasteiger charge is 2.17. The Morgan fingerprint density at radius 2 is 1.40 bits per heavy atom. The first-order chi connectivity index (χ1) is 14.8. The van der Waals surface area contributed by atoms with Gasteiger partial charge in [-0.1, -0.05) is 36.4 Å². The maximum atomic E-state index is 12.7. The van der Waals surface area contributed by atoms with Crippen LogP contribution in [-0.2, 0) is 0 Å². The van der Waals surface area contributed by atoms with Crippen LogP contribution in [0, 0.1) is 0 Å². The standard InChI is InChI=1S/C25H24N4O/c30-24-22-15-14-21(18-23(22)26-25(27-24)28-16-8-3-9-17-28)29(19-10-4-1-5-11-19)20-12-6-2-7-13-20/h1-2,4-7,10-15,18H,3,8-9,16-17H2,(H,26,27,30). The number of hydrogen-bond donors (Lipinski definition) is 1. The zero-order valence-electron chi connectivity index (χ0n) is 16.8. The maximum Gasteiger partial charge on any atom is 0.260 e. The Labute approximate surface area is 175 Å². The summed E-state index contributed by atoms with van der Waals surface area (Å²) < 4.78 is 0. The molecule has 1 aliphatic heterocycles. The van der Waals surface area contributed by atoms with Crippen molar-refractivity contribution in [3.8, 4) is 0 Å². The Morgan fingerprint density at radius 1 is 0.767 bits per heavy atom. The molecule has 3 aromatic carbocycles. The normalized spacial score (nSPS) is 14.1. The van der Waals surface area contributed by atoms with Gasteiger partial charge in [0.25, 0.3) is 5.56 Å². The highest BCUT2D eigenvalue weighted by Crippen LogP contribution is 2.35. The molecule has 4 aromatic rings. The predicted molar refractivity (Wildman–Crippen MR) is 123 cm³/mol. The Kier molecular flexibility index (Phi) is 4.93. The zero-order chi connectivity index (χ0) is 20.3. The third-order valence-electron chi connectivity index (χ3n) is 5.62. The Balaban J connectivity index is 1.64. The van der Waals surface area contributed by atoms with Crippen LogP contribution in [0.5, 0.6) is 0 Å². The van der Waals surface area contributed by atoms with Crippen LogP contribution in [-0.4, -0.2) is 23.1 Å². The minimum Gasteiger partial charge on any atom is -0.342 e. The van der Waals surface area contributed by atoms with Crippen molar-refractivity contribution < 1.29 is 0 Å². The summed E-state index contributed by atoms with van der Waals surface area (Å²) in [6.07, 6.45) is 3.51. The summed E-state index contributed by atoms with van der Waals surface area (Å²) in [6, 6.07) is 26.4. The van der Waals surface area contributed by atoms with E-state index in [-0.39, 0.29) is 5.56 Å². The molecule has 5 heteroatoms. The van der Waals surface area contributed by atoms with Crippen molar-refractivity contribution in [2.75, 3.05) is 22.9 Å². The number of aromatic amines is 1. The molecule has 150 valence electrons. The molecular formula is C25H24N4O. The van der Waals surface area contributed by atoms with Crippen molar-refractivity contribution in [1.82, 2.24) is 9.97 Å². The van der Waals surface area contributed by atoms with Gasteiger partial charge in [-0.05, 0) is 61.7 Å². The molecule has 0 aliphatic carbocycles. The van der Waals surface area contributed by atoms with Crippen LogP contribution in [0.3, 0.4) is 0 Å². The largest absolute Gasteiger partial charge is 0.342 e. The molecule has 0 bridgehead atoms. The van der Waals surface area contributed by atoms with Crippen LogP contribution in [0.25, 0.3) is 10.9 Å². The van der Waals surface area contributed by atoms with Crippen molar-refractivity contribution in [3.05, 3.63) is 89.2 Å². The number of rotatable bonds is 4. The summed E-state index contributed by atoms with van der Waals surface area (Å²) in [5.41, 5.74) is 3.72. The molecule has 1 fully saturated rings. The molecule has 0 unspecified atom stereocenters. The maximum absolute atomic E-state index is 12.7. The summed E-state index contributed by atoms with van der Waals surface area (Å²) in [4.78, 5) is 24.9. The molecule has 0 saturated carbocycles. The molecule has 0 amide bonds. The monoisotopic (exact) mass is 396 g/mol. The second-order valence-electron chi connectivity index (χ2n) is 7.65. The number of piperidine rings is 1. The van der Waals surface area contributed by atoms with Gasteiger partial charge in [-0.2, -0.15) is 0 Å². The van der Waals surface area contributed by atoms with E-state index in [1.54, 1.807) is 0 Å². The number of benzene rings is 3. The third-order valence-corrected chi connectivity index (χ3v) is 5.62. The fraction of sp³-hybridized carbons (Fsp3) is 0.200. The molecule has 5 nitrogen and oxygen atoms in total. The van der Waals surface area contributed by atoms with E-state index < -0.39 is 0 Å². The van der Waals surface area contributed by atoms with Gasteiger partial charge in [0.05, 0.1) is 10.9 Å². The summed E-state index contributed by atoms with van der Waals surface area (Å²) >= 11 is 0. The molecule has 1 aliphatic rings. The molecule has 5 rings (SSSR count). The van der Waals surface area contributed by atoms with Crippen LogP contribution < -0.4 is 15.4 Å². The molecule has 30 heavy (non-hydrogen) atoms. The Hall–Kier alpha value is -3.60. The van der Waals surface area contributed by atoms with Gasteiger partial charge in [0.1, 0.15) is 0 Å². The van der Waals surface area contributed by atoms with E-state index in [2.05, 4.69) is 39.0 Å². The van der Waals surface area contributed by atoms with Crippen molar-refractivity contribution >= 4 is 33.9 Å². The number of para-hydroxylation sites is 2. The van der Waals surface area contributed by atoms with E-state index in [4.69, 9.17) is 4.98 Å². The first-order valence-corrected chi connectivity index (χ1v) is 10.5. The number of nitrogens with zero attached hydrogens (tertiary/aromatic N) is 3. The van der Waals surface area contributed by atoms with E-state index in [0.29, 0.717) is 16.9 Å². The summed E-state index contributed by atoms with van der Waals surface area (Å²) in [5, 5.41) is 0.612. The van der Waals surface area contributed by atoms with E-state index in [0.717, 1.165) is 43.0 Å². The third kappa shape index (κ3) is 3.54. The molecule has 0 radical (unpaired) electrons. The van der Waals surface area contributed by atoms with Crippen molar-refractivity contribution in [2.24, 2.45) is 0 Å². The average Bonchev–Trinajstić information content (AvgIpc) is 2.81. The second-order valence-corrected chi connectivity index (χ2v) is 7.65. The lowest BCUT2D eigenvalue weighted by Crippen LogP contribution is -2.32. The highest BCUT2D eigenvalue weighted by atomic mass is 16.1. The van der Waals surface area contributed by atoms with Crippen molar-refractivity contribution in [2.45, 2.75) is 19.3 Å². The Morgan fingerprint density at radius 3 is 2.03 bits per heavy atom. The summed E-state index contributed by atoms with van der Waals surface area (Å²) in [5.74, 6) is 0.676. The summed E-state index contributed by atoms with van der Waals surface area (Å²) in [6.45, 7) is 1.88. The van der Waals surface area contributed by atoms with Crippen LogP contribution in [0.2, 0.25) is 0 Å². The van der Waals surface area contributed by atoms with Crippen LogP contribution in [0.1, 0.15) is 19.3 Å². The lowest BCUT2D eigenvalue weighted by Gasteiger charge is -2.27. The van der Waals surface area contributed by atoms with Crippen LogP contribution >= 0.6 is 0 Å².